The third-order valence-corrected chi connectivity index (χ3v) is 8.44. The highest BCUT2D eigenvalue weighted by molar-refractivity contribution is 6.22. The maximum absolute atomic E-state index is 13.3. The summed E-state index contributed by atoms with van der Waals surface area (Å²) in [7, 11) is 0. The Bertz CT molecular complexity index is 1360. The quantitative estimate of drug-likeness (QED) is 0.280. The zero-order valence-corrected chi connectivity index (χ0v) is 19.6. The van der Waals surface area contributed by atoms with Gasteiger partial charge in [0, 0.05) is 5.56 Å². The largest absolute Gasteiger partial charge is 0.485 e. The highest BCUT2D eigenvalue weighted by atomic mass is 16.5. The molecular weight excluding hydrogens is 450 g/mol. The van der Waals surface area contributed by atoms with Crippen molar-refractivity contribution in [1.29, 1.82) is 0 Å². The van der Waals surface area contributed by atoms with Gasteiger partial charge in [0.2, 0.25) is 11.8 Å². The van der Waals surface area contributed by atoms with E-state index < -0.39 is 0 Å². The smallest absolute Gasteiger partial charge is 0.238 e. The van der Waals surface area contributed by atoms with Crippen LogP contribution in [0.5, 0.6) is 5.75 Å². The van der Waals surface area contributed by atoms with E-state index in [9.17, 15) is 14.4 Å². The van der Waals surface area contributed by atoms with Gasteiger partial charge >= 0.3 is 0 Å². The Morgan fingerprint density at radius 3 is 1.94 bits per heavy atom. The number of amides is 2. The molecule has 0 aromatic heterocycles. The van der Waals surface area contributed by atoms with Crippen molar-refractivity contribution in [3.05, 3.63) is 96.6 Å². The Hall–Kier alpha value is -3.99. The van der Waals surface area contributed by atoms with E-state index in [1.807, 2.05) is 54.6 Å². The van der Waals surface area contributed by atoms with Crippen LogP contribution < -0.4 is 9.64 Å². The highest BCUT2D eigenvalue weighted by Gasteiger charge is 2.67. The van der Waals surface area contributed by atoms with Crippen LogP contribution in [0.15, 0.2) is 91.0 Å². The molecule has 0 radical (unpaired) electrons. The lowest BCUT2D eigenvalue weighted by molar-refractivity contribution is -0.124. The Labute approximate surface area is 209 Å². The van der Waals surface area contributed by atoms with Crippen LogP contribution >= 0.6 is 0 Å². The Morgan fingerprint density at radius 1 is 0.750 bits per heavy atom. The van der Waals surface area contributed by atoms with Crippen molar-refractivity contribution in [2.75, 3.05) is 11.5 Å². The predicted octanol–water partition coefficient (Wildman–Crippen LogP) is 5.17. The van der Waals surface area contributed by atoms with Crippen LogP contribution in [0, 0.1) is 35.5 Å². The first-order valence-corrected chi connectivity index (χ1v) is 12.6. The second-order valence-corrected chi connectivity index (χ2v) is 10.3. The monoisotopic (exact) mass is 475 g/mol. The summed E-state index contributed by atoms with van der Waals surface area (Å²) in [6.07, 6.45) is 5.51. The van der Waals surface area contributed by atoms with E-state index in [0.717, 1.165) is 17.5 Å². The van der Waals surface area contributed by atoms with Crippen LogP contribution in [-0.2, 0) is 9.59 Å². The molecule has 1 heterocycles. The van der Waals surface area contributed by atoms with Gasteiger partial charge in [-0.1, -0.05) is 66.7 Å². The third-order valence-electron chi connectivity index (χ3n) is 8.44. The number of carbonyl (C=O) groups excluding carboxylic acids is 3. The molecule has 5 aliphatic rings. The summed E-state index contributed by atoms with van der Waals surface area (Å²) in [6.45, 7) is -0.0897. The second kappa shape index (κ2) is 8.02. The molecule has 1 saturated heterocycles. The third kappa shape index (κ3) is 3.26. The summed E-state index contributed by atoms with van der Waals surface area (Å²) in [4.78, 5) is 40.6. The molecule has 1 aliphatic heterocycles. The lowest BCUT2D eigenvalue weighted by Gasteiger charge is -2.37. The number of rotatable bonds is 6. The molecule has 3 aromatic rings. The molecule has 0 N–H and O–H groups in total. The molecule has 3 fully saturated rings. The average Bonchev–Trinajstić information content (AvgIpc) is 3.71. The molecule has 0 spiro atoms. The van der Waals surface area contributed by atoms with E-state index in [1.165, 1.54) is 4.90 Å². The first kappa shape index (κ1) is 21.3. The summed E-state index contributed by atoms with van der Waals surface area (Å²) in [6, 6.07) is 24.4. The number of benzene rings is 3. The highest BCUT2D eigenvalue weighted by Crippen LogP contribution is 2.65. The van der Waals surface area contributed by atoms with Gasteiger partial charge in [-0.25, -0.2) is 0 Å². The molecule has 2 saturated carbocycles. The maximum Gasteiger partial charge on any atom is 0.238 e. The van der Waals surface area contributed by atoms with Crippen LogP contribution in [0.2, 0.25) is 0 Å². The van der Waals surface area contributed by atoms with Crippen molar-refractivity contribution >= 4 is 23.3 Å². The van der Waals surface area contributed by atoms with E-state index in [4.69, 9.17) is 4.74 Å². The molecule has 36 heavy (non-hydrogen) atoms. The number of Topliss-reactive ketones (excluding diaryl/α,β-unsaturated/α-hetero) is 1. The zero-order valence-electron chi connectivity index (χ0n) is 19.6. The molecule has 6 unspecified atom stereocenters. The van der Waals surface area contributed by atoms with Crippen LogP contribution in [0.4, 0.5) is 5.69 Å². The first-order valence-electron chi connectivity index (χ1n) is 12.6. The van der Waals surface area contributed by atoms with Crippen molar-refractivity contribution in [1.82, 2.24) is 0 Å². The SMILES string of the molecule is O=C(COc1ccc(N2C(=O)C3C4C=CC(C5CC45)C3C2=O)cc1)c1ccc(-c2ccccc2)cc1. The van der Waals surface area contributed by atoms with E-state index >= 15 is 0 Å². The fraction of sp³-hybridized carbons (Fsp3) is 0.258. The number of carbonyl (C=O) groups is 3. The van der Waals surface area contributed by atoms with E-state index in [1.54, 1.807) is 24.3 Å². The van der Waals surface area contributed by atoms with Crippen LogP contribution in [0.1, 0.15) is 16.8 Å². The standard InChI is InChI=1S/C31H25NO4/c33-27(20-8-6-19(7-9-20)18-4-2-1-3-5-18)17-36-22-12-10-21(11-13-22)32-30(34)28-23-14-15-24(26-16-25(23)26)29(28)31(32)35/h1-15,23-26,28-29H,16-17H2. The molecule has 3 aromatic carbocycles. The normalized spacial score (nSPS) is 29.2. The number of hydrogen-bond donors (Lipinski definition) is 0. The first-order chi connectivity index (χ1) is 17.6. The lowest BCUT2D eigenvalue weighted by Crippen LogP contribution is -2.40. The van der Waals surface area contributed by atoms with Crippen molar-refractivity contribution < 1.29 is 19.1 Å². The number of allylic oxidation sites excluding steroid dienone is 2. The molecule has 2 bridgehead atoms. The second-order valence-electron chi connectivity index (χ2n) is 10.3. The summed E-state index contributed by atoms with van der Waals surface area (Å²) >= 11 is 0. The number of hydrogen-bond acceptors (Lipinski definition) is 4. The topological polar surface area (TPSA) is 63.7 Å². The number of nitrogens with zero attached hydrogens (tertiary/aromatic N) is 1. The van der Waals surface area contributed by atoms with Gasteiger partial charge in [-0.2, -0.15) is 0 Å². The Morgan fingerprint density at radius 2 is 1.33 bits per heavy atom. The van der Waals surface area contributed by atoms with Gasteiger partial charge in [-0.3, -0.25) is 19.3 Å². The number of imide groups is 1. The average molecular weight is 476 g/mol. The Balaban J connectivity index is 1.01. The lowest BCUT2D eigenvalue weighted by atomic mass is 9.63. The van der Waals surface area contributed by atoms with Gasteiger partial charge in [-0.05, 0) is 65.5 Å². The number of anilines is 1. The molecule has 6 atom stereocenters. The van der Waals surface area contributed by atoms with Crippen molar-refractivity contribution in [2.24, 2.45) is 35.5 Å². The fourth-order valence-electron chi connectivity index (χ4n) is 6.61. The Kier molecular flexibility index (Phi) is 4.75. The van der Waals surface area contributed by atoms with Crippen LogP contribution in [0.3, 0.4) is 0 Å². The van der Waals surface area contributed by atoms with Crippen LogP contribution in [-0.4, -0.2) is 24.2 Å². The van der Waals surface area contributed by atoms with Gasteiger partial charge in [0.1, 0.15) is 5.75 Å². The van der Waals surface area contributed by atoms with Crippen molar-refractivity contribution in [2.45, 2.75) is 6.42 Å². The summed E-state index contributed by atoms with van der Waals surface area (Å²) < 4.78 is 5.72. The number of ketones is 1. The minimum absolute atomic E-state index is 0.0718. The van der Waals surface area contributed by atoms with Crippen LogP contribution in [0.25, 0.3) is 11.1 Å². The minimum Gasteiger partial charge on any atom is -0.485 e. The summed E-state index contributed by atoms with van der Waals surface area (Å²) in [5.41, 5.74) is 3.31. The molecular formula is C31H25NO4. The molecule has 2 amide bonds. The summed E-state index contributed by atoms with van der Waals surface area (Å²) in [5, 5.41) is 0. The molecule has 4 aliphatic carbocycles. The molecule has 5 nitrogen and oxygen atoms in total. The van der Waals surface area contributed by atoms with Gasteiger partial charge < -0.3 is 4.74 Å². The fourth-order valence-corrected chi connectivity index (χ4v) is 6.61. The summed E-state index contributed by atoms with van der Waals surface area (Å²) in [5.74, 6) is 1.43. The number of ether oxygens (including phenoxy) is 1. The molecule has 5 heteroatoms. The predicted molar refractivity (Wildman–Crippen MR) is 135 cm³/mol. The minimum atomic E-state index is -0.210. The van der Waals surface area contributed by atoms with Gasteiger partial charge in [-0.15, -0.1) is 0 Å². The van der Waals surface area contributed by atoms with Crippen molar-refractivity contribution in [3.8, 4) is 16.9 Å². The van der Waals surface area contributed by atoms with Crippen molar-refractivity contribution in [3.63, 3.8) is 0 Å². The van der Waals surface area contributed by atoms with Gasteiger partial charge in [0.05, 0.1) is 17.5 Å². The van der Waals surface area contributed by atoms with Gasteiger partial charge in [0.25, 0.3) is 0 Å². The maximum atomic E-state index is 13.3. The zero-order chi connectivity index (χ0) is 24.4. The molecule has 178 valence electrons. The molecule has 8 rings (SSSR count). The van der Waals surface area contributed by atoms with E-state index in [0.29, 0.717) is 28.8 Å². The van der Waals surface area contributed by atoms with Gasteiger partial charge in [0.15, 0.2) is 12.4 Å². The van der Waals surface area contributed by atoms with E-state index in [2.05, 4.69) is 12.2 Å². The van der Waals surface area contributed by atoms with E-state index in [-0.39, 0.29) is 47.9 Å².